The fourth-order valence-corrected chi connectivity index (χ4v) is 6.05. The third kappa shape index (κ3) is 2.82. The molecule has 106 valence electrons. The molecule has 0 spiro atoms. The van der Waals surface area contributed by atoms with E-state index < -0.39 is 0 Å². The number of fused-ring (bicyclic) bond motifs is 1. The molecule has 3 rings (SSSR count). The Morgan fingerprint density at radius 2 is 2.11 bits per heavy atom. The average Bonchev–Trinajstić information content (AvgIpc) is 2.99. The van der Waals surface area contributed by atoms with Gasteiger partial charge in [-0.15, -0.1) is 11.3 Å². The molecule has 1 aliphatic carbocycles. The summed E-state index contributed by atoms with van der Waals surface area (Å²) in [7, 11) is 0. The van der Waals surface area contributed by atoms with Crippen LogP contribution < -0.4 is 5.73 Å². The van der Waals surface area contributed by atoms with Gasteiger partial charge in [0.25, 0.3) is 0 Å². The van der Waals surface area contributed by atoms with Gasteiger partial charge in [-0.2, -0.15) is 0 Å². The van der Waals surface area contributed by atoms with Crippen LogP contribution in [0.4, 0.5) is 0 Å². The van der Waals surface area contributed by atoms with Crippen molar-refractivity contribution in [3.8, 4) is 0 Å². The number of rotatable bonds is 3. The van der Waals surface area contributed by atoms with E-state index in [1.54, 1.807) is 0 Å². The van der Waals surface area contributed by atoms with Gasteiger partial charge < -0.3 is 5.73 Å². The van der Waals surface area contributed by atoms with Crippen LogP contribution >= 0.6 is 43.2 Å². The molecule has 2 N–H and O–H groups in total. The van der Waals surface area contributed by atoms with Crippen molar-refractivity contribution in [1.82, 2.24) is 4.90 Å². The Bertz CT molecular complexity index is 429. The maximum atomic E-state index is 6.11. The van der Waals surface area contributed by atoms with Gasteiger partial charge >= 0.3 is 0 Å². The third-order valence-corrected chi connectivity index (χ3v) is 8.01. The molecule has 2 fully saturated rings. The topological polar surface area (TPSA) is 29.3 Å². The standard InChI is InChI=1S/C14H20Br2N2S/c15-10-7-13(19-14(10)16)12(8-17)18-6-2-4-9-3-1-5-11(9)18/h7,9,11-12H,1-6,8,17H2. The van der Waals surface area contributed by atoms with E-state index in [1.807, 2.05) is 11.3 Å². The highest BCUT2D eigenvalue weighted by Crippen LogP contribution is 2.43. The zero-order valence-corrected chi connectivity index (χ0v) is 14.9. The van der Waals surface area contributed by atoms with Crippen molar-refractivity contribution in [2.75, 3.05) is 13.1 Å². The number of hydrogen-bond acceptors (Lipinski definition) is 3. The van der Waals surface area contributed by atoms with E-state index in [0.29, 0.717) is 6.04 Å². The van der Waals surface area contributed by atoms with Crippen LogP contribution in [-0.2, 0) is 0 Å². The molecule has 1 aromatic heterocycles. The molecular weight excluding hydrogens is 388 g/mol. The first-order valence-electron chi connectivity index (χ1n) is 7.11. The molecular formula is C14H20Br2N2S. The molecule has 1 saturated heterocycles. The zero-order valence-electron chi connectivity index (χ0n) is 10.9. The second-order valence-corrected chi connectivity index (χ2v) is 8.92. The lowest BCUT2D eigenvalue weighted by Gasteiger charge is -2.42. The monoisotopic (exact) mass is 406 g/mol. The van der Waals surface area contributed by atoms with Gasteiger partial charge in [0.2, 0.25) is 0 Å². The number of hydrogen-bond donors (Lipinski definition) is 1. The van der Waals surface area contributed by atoms with Gasteiger partial charge in [0.1, 0.15) is 0 Å². The highest BCUT2D eigenvalue weighted by Gasteiger charge is 2.38. The summed E-state index contributed by atoms with van der Waals surface area (Å²) in [5.74, 6) is 0.926. The molecule has 1 aliphatic heterocycles. The first kappa shape index (κ1) is 14.5. The lowest BCUT2D eigenvalue weighted by Crippen LogP contribution is -2.46. The third-order valence-electron chi connectivity index (χ3n) is 4.65. The van der Waals surface area contributed by atoms with Gasteiger partial charge in [0.05, 0.1) is 9.83 Å². The number of likely N-dealkylation sites (tertiary alicyclic amines) is 1. The Hall–Kier alpha value is 0.580. The van der Waals surface area contributed by atoms with Gasteiger partial charge in [-0.3, -0.25) is 4.90 Å². The van der Waals surface area contributed by atoms with Gasteiger partial charge in [-0.05, 0) is 76.1 Å². The van der Waals surface area contributed by atoms with E-state index in [1.165, 1.54) is 47.3 Å². The summed E-state index contributed by atoms with van der Waals surface area (Å²) in [4.78, 5) is 4.10. The highest BCUT2D eigenvalue weighted by atomic mass is 79.9. The first-order valence-corrected chi connectivity index (χ1v) is 9.51. The molecule has 0 radical (unpaired) electrons. The molecule has 5 heteroatoms. The SMILES string of the molecule is NCC(c1cc(Br)c(Br)s1)N1CCCC2CCCC21. The smallest absolute Gasteiger partial charge is 0.0843 e. The average molecular weight is 408 g/mol. The largest absolute Gasteiger partial charge is 0.329 e. The van der Waals surface area contributed by atoms with Crippen molar-refractivity contribution >= 4 is 43.2 Å². The summed E-state index contributed by atoms with van der Waals surface area (Å²) in [5, 5.41) is 0. The first-order chi connectivity index (χ1) is 9.20. The van der Waals surface area contributed by atoms with Crippen LogP contribution in [0.2, 0.25) is 0 Å². The van der Waals surface area contributed by atoms with Crippen LogP contribution in [0.25, 0.3) is 0 Å². The summed E-state index contributed by atoms with van der Waals surface area (Å²) < 4.78 is 2.34. The fraction of sp³-hybridized carbons (Fsp3) is 0.714. The maximum absolute atomic E-state index is 6.11. The predicted molar refractivity (Wildman–Crippen MR) is 88.6 cm³/mol. The van der Waals surface area contributed by atoms with Crippen LogP contribution in [0.15, 0.2) is 14.3 Å². The Kier molecular flexibility index (Phi) is 4.69. The molecule has 0 bridgehead atoms. The van der Waals surface area contributed by atoms with Crippen molar-refractivity contribution in [2.45, 2.75) is 44.2 Å². The van der Waals surface area contributed by atoms with Crippen LogP contribution in [0.5, 0.6) is 0 Å². The molecule has 2 heterocycles. The van der Waals surface area contributed by atoms with Crippen LogP contribution in [0.3, 0.4) is 0 Å². The van der Waals surface area contributed by atoms with Gasteiger partial charge in [-0.1, -0.05) is 6.42 Å². The molecule has 2 aliphatic rings. The normalized spacial score (nSPS) is 29.4. The summed E-state index contributed by atoms with van der Waals surface area (Å²) in [6, 6.07) is 3.42. The van der Waals surface area contributed by atoms with Crippen molar-refractivity contribution in [1.29, 1.82) is 0 Å². The number of halogens is 2. The minimum absolute atomic E-state index is 0.401. The Labute approximate surface area is 136 Å². The maximum Gasteiger partial charge on any atom is 0.0843 e. The number of thiophene rings is 1. The zero-order chi connectivity index (χ0) is 13.4. The van der Waals surface area contributed by atoms with Crippen LogP contribution in [0, 0.1) is 5.92 Å². The summed E-state index contributed by atoms with van der Waals surface area (Å²) in [6.07, 6.45) is 6.97. The van der Waals surface area contributed by atoms with E-state index >= 15 is 0 Å². The minimum atomic E-state index is 0.401. The summed E-state index contributed by atoms with van der Waals surface area (Å²) in [5.41, 5.74) is 6.11. The molecule has 19 heavy (non-hydrogen) atoms. The lowest BCUT2D eigenvalue weighted by molar-refractivity contribution is 0.0716. The lowest BCUT2D eigenvalue weighted by atomic mass is 9.90. The molecule has 0 aromatic carbocycles. The van der Waals surface area contributed by atoms with E-state index in [9.17, 15) is 0 Å². The van der Waals surface area contributed by atoms with E-state index in [-0.39, 0.29) is 0 Å². The van der Waals surface area contributed by atoms with Gasteiger partial charge in [-0.25, -0.2) is 0 Å². The van der Waals surface area contributed by atoms with Gasteiger partial charge in [0, 0.05) is 21.9 Å². The summed E-state index contributed by atoms with van der Waals surface area (Å²) >= 11 is 9.03. The molecule has 3 atom stereocenters. The van der Waals surface area contributed by atoms with E-state index in [0.717, 1.165) is 23.0 Å². The van der Waals surface area contributed by atoms with Crippen molar-refractivity contribution < 1.29 is 0 Å². The fourth-order valence-electron chi connectivity index (χ4n) is 3.82. The second kappa shape index (κ2) is 6.14. The second-order valence-electron chi connectivity index (χ2n) is 5.66. The van der Waals surface area contributed by atoms with Crippen molar-refractivity contribution in [3.63, 3.8) is 0 Å². The highest BCUT2D eigenvalue weighted by molar-refractivity contribution is 9.13. The molecule has 1 saturated carbocycles. The van der Waals surface area contributed by atoms with Gasteiger partial charge in [0.15, 0.2) is 0 Å². The van der Waals surface area contributed by atoms with Crippen molar-refractivity contribution in [2.24, 2.45) is 11.7 Å². The number of piperidine rings is 1. The molecule has 2 nitrogen and oxygen atoms in total. The van der Waals surface area contributed by atoms with Crippen LogP contribution in [-0.4, -0.2) is 24.0 Å². The molecule has 0 amide bonds. The van der Waals surface area contributed by atoms with Crippen molar-refractivity contribution in [3.05, 3.63) is 19.2 Å². The Morgan fingerprint density at radius 1 is 1.32 bits per heavy atom. The number of nitrogens with two attached hydrogens (primary N) is 1. The molecule has 3 unspecified atom stereocenters. The Balaban J connectivity index is 1.84. The quantitative estimate of drug-likeness (QED) is 0.796. The predicted octanol–water partition coefficient (Wildman–Crippen LogP) is 4.54. The molecule has 1 aromatic rings. The minimum Gasteiger partial charge on any atom is -0.329 e. The van der Waals surface area contributed by atoms with E-state index in [2.05, 4.69) is 42.8 Å². The van der Waals surface area contributed by atoms with E-state index in [4.69, 9.17) is 5.73 Å². The van der Waals surface area contributed by atoms with Crippen LogP contribution in [0.1, 0.15) is 43.0 Å². The summed E-state index contributed by atoms with van der Waals surface area (Å²) in [6.45, 7) is 1.94. The number of nitrogens with zero attached hydrogens (tertiary/aromatic N) is 1. The Morgan fingerprint density at radius 3 is 2.79 bits per heavy atom.